The Hall–Kier alpha value is -2.58. The number of ether oxygens (including phenoxy) is 2. The summed E-state index contributed by atoms with van der Waals surface area (Å²) in [5, 5.41) is 0.820. The molecule has 0 amide bonds. The Morgan fingerprint density at radius 2 is 1.92 bits per heavy atom. The monoisotopic (exact) mass is 374 g/mol. The number of H-pyrrole nitrogens is 1. The van der Waals surface area contributed by atoms with E-state index in [1.807, 2.05) is 0 Å². The zero-order chi connectivity index (χ0) is 17.9. The van der Waals surface area contributed by atoms with Crippen LogP contribution >= 0.6 is 0 Å². The van der Waals surface area contributed by atoms with Crippen LogP contribution in [0.3, 0.4) is 0 Å². The van der Waals surface area contributed by atoms with Crippen molar-refractivity contribution in [1.29, 1.82) is 0 Å². The molecule has 3 heterocycles. The van der Waals surface area contributed by atoms with Crippen LogP contribution in [-0.2, 0) is 23.0 Å². The van der Waals surface area contributed by atoms with Crippen LogP contribution in [0.4, 0.5) is 4.39 Å². The lowest BCUT2D eigenvalue weighted by molar-refractivity contribution is 0.174. The van der Waals surface area contributed by atoms with Gasteiger partial charge in [0.25, 0.3) is 0 Å². The highest BCUT2D eigenvalue weighted by molar-refractivity contribution is 7.89. The first-order valence-electron chi connectivity index (χ1n) is 8.21. The molecule has 0 fully saturated rings. The molecule has 2 aromatic carbocycles. The van der Waals surface area contributed by atoms with Crippen LogP contribution in [0.2, 0.25) is 0 Å². The normalized spacial score (nSPS) is 16.8. The van der Waals surface area contributed by atoms with Gasteiger partial charge in [0.15, 0.2) is 11.5 Å². The molecule has 0 aliphatic carbocycles. The average Bonchev–Trinajstić information content (AvgIpc) is 3.24. The number of hydrogen-bond donors (Lipinski definition) is 1. The van der Waals surface area contributed by atoms with E-state index in [-0.39, 0.29) is 24.1 Å². The summed E-state index contributed by atoms with van der Waals surface area (Å²) >= 11 is 0. The number of fused-ring (bicyclic) bond motifs is 4. The van der Waals surface area contributed by atoms with E-state index in [1.165, 1.54) is 28.6 Å². The van der Waals surface area contributed by atoms with Gasteiger partial charge in [-0.25, -0.2) is 12.8 Å². The van der Waals surface area contributed by atoms with E-state index in [2.05, 4.69) is 4.98 Å². The molecule has 6 nitrogen and oxygen atoms in total. The molecular formula is C18H15FN2O4S. The van der Waals surface area contributed by atoms with E-state index in [0.717, 1.165) is 22.2 Å². The van der Waals surface area contributed by atoms with Gasteiger partial charge >= 0.3 is 0 Å². The minimum absolute atomic E-state index is 0.0948. The van der Waals surface area contributed by atoms with Crippen molar-refractivity contribution in [3.05, 3.63) is 53.5 Å². The fourth-order valence-corrected chi connectivity index (χ4v) is 5.00. The standard InChI is InChI=1S/C18H15FN2O4S/c19-11-1-3-15-14(7-11)13-5-6-21(9-16(13)20-15)26(22,23)12-2-4-17-18(8-12)25-10-24-17/h1-4,7-8,20H,5-6,9-10H2. The van der Waals surface area contributed by atoms with Crippen LogP contribution in [0.5, 0.6) is 11.5 Å². The van der Waals surface area contributed by atoms with Crippen molar-refractivity contribution in [2.75, 3.05) is 13.3 Å². The molecule has 0 atom stereocenters. The third kappa shape index (κ3) is 2.29. The van der Waals surface area contributed by atoms with Gasteiger partial charge < -0.3 is 14.5 Å². The molecule has 8 heteroatoms. The summed E-state index contributed by atoms with van der Waals surface area (Å²) in [5.74, 6) is 0.682. The van der Waals surface area contributed by atoms with Crippen LogP contribution in [-0.4, -0.2) is 31.0 Å². The molecule has 2 aliphatic heterocycles. The lowest BCUT2D eigenvalue weighted by Crippen LogP contribution is -2.35. The second kappa shape index (κ2) is 5.46. The van der Waals surface area contributed by atoms with E-state index in [9.17, 15) is 12.8 Å². The number of hydrogen-bond acceptors (Lipinski definition) is 4. The zero-order valence-electron chi connectivity index (χ0n) is 13.7. The minimum Gasteiger partial charge on any atom is -0.454 e. The van der Waals surface area contributed by atoms with Crippen LogP contribution in [0.1, 0.15) is 11.3 Å². The van der Waals surface area contributed by atoms with Gasteiger partial charge in [-0.1, -0.05) is 0 Å². The molecule has 2 aliphatic rings. The van der Waals surface area contributed by atoms with Crippen molar-refractivity contribution >= 4 is 20.9 Å². The SMILES string of the molecule is O=S(=O)(c1ccc2c(c1)OCO2)N1CCc2c([nH]c3ccc(F)cc23)C1. The van der Waals surface area contributed by atoms with Gasteiger partial charge in [-0.3, -0.25) is 0 Å². The highest BCUT2D eigenvalue weighted by atomic mass is 32.2. The summed E-state index contributed by atoms with van der Waals surface area (Å²) in [6.45, 7) is 0.660. The molecular weight excluding hydrogens is 359 g/mol. The quantitative estimate of drug-likeness (QED) is 0.749. The molecule has 1 N–H and O–H groups in total. The number of benzene rings is 2. The Balaban J connectivity index is 1.51. The fourth-order valence-electron chi connectivity index (χ4n) is 3.58. The number of aromatic nitrogens is 1. The van der Waals surface area contributed by atoms with Crippen LogP contribution < -0.4 is 9.47 Å². The lowest BCUT2D eigenvalue weighted by Gasteiger charge is -2.26. The third-order valence-electron chi connectivity index (χ3n) is 4.88. The molecule has 134 valence electrons. The van der Waals surface area contributed by atoms with Crippen LogP contribution in [0.25, 0.3) is 10.9 Å². The predicted molar refractivity (Wildman–Crippen MR) is 92.1 cm³/mol. The first kappa shape index (κ1) is 15.7. The van der Waals surface area contributed by atoms with Gasteiger partial charge in [-0.2, -0.15) is 4.31 Å². The first-order chi connectivity index (χ1) is 12.5. The van der Waals surface area contributed by atoms with Crippen molar-refractivity contribution in [2.24, 2.45) is 0 Å². The minimum atomic E-state index is -3.67. The Bertz CT molecular complexity index is 1140. The van der Waals surface area contributed by atoms with Gasteiger partial charge in [0.2, 0.25) is 16.8 Å². The first-order valence-corrected chi connectivity index (χ1v) is 9.65. The molecule has 0 radical (unpaired) electrons. The number of halogens is 1. The van der Waals surface area contributed by atoms with E-state index in [4.69, 9.17) is 9.47 Å². The summed E-state index contributed by atoms with van der Waals surface area (Å²) in [6, 6.07) is 9.20. The number of nitrogens with zero attached hydrogens (tertiary/aromatic N) is 1. The molecule has 0 spiro atoms. The highest BCUT2D eigenvalue weighted by Gasteiger charge is 2.31. The summed E-state index contributed by atoms with van der Waals surface area (Å²) in [7, 11) is -3.67. The molecule has 1 aromatic heterocycles. The summed E-state index contributed by atoms with van der Waals surface area (Å²) in [4.78, 5) is 3.39. The Kier molecular flexibility index (Phi) is 3.29. The lowest BCUT2D eigenvalue weighted by atomic mass is 10.0. The molecule has 0 bridgehead atoms. The summed E-state index contributed by atoms with van der Waals surface area (Å²) in [5.41, 5.74) is 2.61. The Labute approximate surface area is 149 Å². The number of sulfonamides is 1. The second-order valence-corrected chi connectivity index (χ2v) is 8.31. The summed E-state index contributed by atoms with van der Waals surface area (Å²) in [6.07, 6.45) is 0.530. The maximum Gasteiger partial charge on any atom is 0.243 e. The molecule has 5 rings (SSSR count). The van der Waals surface area contributed by atoms with Gasteiger partial charge in [0.1, 0.15) is 5.82 Å². The highest BCUT2D eigenvalue weighted by Crippen LogP contribution is 2.36. The van der Waals surface area contributed by atoms with Crippen LogP contribution in [0.15, 0.2) is 41.3 Å². The van der Waals surface area contributed by atoms with Gasteiger partial charge in [0.05, 0.1) is 11.4 Å². The maximum absolute atomic E-state index is 13.5. The van der Waals surface area contributed by atoms with Crippen molar-refractivity contribution in [2.45, 2.75) is 17.9 Å². The smallest absolute Gasteiger partial charge is 0.243 e. The van der Waals surface area contributed by atoms with Crippen LogP contribution in [0, 0.1) is 5.82 Å². The van der Waals surface area contributed by atoms with Crippen molar-refractivity contribution < 1.29 is 22.3 Å². The van der Waals surface area contributed by atoms with E-state index >= 15 is 0 Å². The maximum atomic E-state index is 13.5. The van der Waals surface area contributed by atoms with E-state index in [1.54, 1.807) is 12.1 Å². The zero-order valence-corrected chi connectivity index (χ0v) is 14.5. The predicted octanol–water partition coefficient (Wildman–Crippen LogP) is 2.78. The van der Waals surface area contributed by atoms with Gasteiger partial charge in [0, 0.05) is 29.2 Å². The molecule has 3 aromatic rings. The Morgan fingerprint density at radius 3 is 2.81 bits per heavy atom. The molecule has 0 unspecified atom stereocenters. The average molecular weight is 374 g/mol. The van der Waals surface area contributed by atoms with Gasteiger partial charge in [-0.05, 0) is 42.3 Å². The number of nitrogens with one attached hydrogen (secondary N) is 1. The summed E-state index contributed by atoms with van der Waals surface area (Å²) < 4.78 is 51.5. The molecule has 26 heavy (non-hydrogen) atoms. The van der Waals surface area contributed by atoms with E-state index in [0.29, 0.717) is 24.5 Å². The van der Waals surface area contributed by atoms with Crippen molar-refractivity contribution in [3.8, 4) is 11.5 Å². The van der Waals surface area contributed by atoms with Gasteiger partial charge in [-0.15, -0.1) is 0 Å². The fraction of sp³-hybridized carbons (Fsp3) is 0.222. The largest absolute Gasteiger partial charge is 0.454 e. The second-order valence-electron chi connectivity index (χ2n) is 6.38. The topological polar surface area (TPSA) is 71.6 Å². The number of aromatic amines is 1. The Morgan fingerprint density at radius 1 is 1.08 bits per heavy atom. The van der Waals surface area contributed by atoms with Crippen molar-refractivity contribution in [3.63, 3.8) is 0 Å². The molecule has 0 saturated carbocycles. The third-order valence-corrected chi connectivity index (χ3v) is 6.73. The van der Waals surface area contributed by atoms with Crippen molar-refractivity contribution in [1.82, 2.24) is 9.29 Å². The van der Waals surface area contributed by atoms with E-state index < -0.39 is 10.0 Å². The molecule has 0 saturated heterocycles. The number of rotatable bonds is 2.